The number of nitrogens with two attached hydrogens (primary N) is 1. The van der Waals surface area contributed by atoms with Gasteiger partial charge in [-0.15, -0.1) is 0 Å². The molecule has 3 aromatic carbocycles. The fraction of sp³-hybridized carbons (Fsp3) is 0.321. The van der Waals surface area contributed by atoms with E-state index < -0.39 is 23.1 Å². The molecule has 0 saturated heterocycles. The number of carbonyl (C=O) groups excluding carboxylic acids is 1. The van der Waals surface area contributed by atoms with Gasteiger partial charge in [0.1, 0.15) is 5.82 Å². The van der Waals surface area contributed by atoms with Crippen molar-refractivity contribution >= 4 is 46.1 Å². The van der Waals surface area contributed by atoms with Crippen molar-refractivity contribution in [3.63, 3.8) is 0 Å². The Morgan fingerprint density at radius 2 is 1.89 bits per heavy atom. The highest BCUT2D eigenvalue weighted by Gasteiger charge is 2.30. The van der Waals surface area contributed by atoms with E-state index in [0.717, 1.165) is 37.7 Å². The van der Waals surface area contributed by atoms with E-state index in [0.29, 0.717) is 17.8 Å². The van der Waals surface area contributed by atoms with E-state index in [9.17, 15) is 17.9 Å². The van der Waals surface area contributed by atoms with E-state index in [4.69, 9.17) is 28.9 Å². The monoisotopic (exact) mass is 577 g/mol. The highest BCUT2D eigenvalue weighted by molar-refractivity contribution is 7.80. The molecule has 3 atom stereocenters. The minimum Gasteiger partial charge on any atom is -0.349 e. The third kappa shape index (κ3) is 6.93. The zero-order chi connectivity index (χ0) is 27.2. The molecule has 10 heteroatoms. The lowest BCUT2D eigenvalue weighted by Crippen LogP contribution is -2.37. The summed E-state index contributed by atoms with van der Waals surface area (Å²) in [4.78, 5) is 13.4. The Bertz CT molecular complexity index is 1310. The van der Waals surface area contributed by atoms with Crippen LogP contribution in [0.15, 0.2) is 60.7 Å². The summed E-state index contributed by atoms with van der Waals surface area (Å²) in [6.07, 6.45) is 4.39. The molecule has 4 N–H and O–H groups in total. The Balaban J connectivity index is 1.60. The number of hydrogen-bond donors (Lipinski definition) is 3. The van der Waals surface area contributed by atoms with Gasteiger partial charge in [0.2, 0.25) is 5.91 Å². The number of halogens is 3. The van der Waals surface area contributed by atoms with Gasteiger partial charge in [-0.25, -0.2) is 8.60 Å². The molecule has 0 spiro atoms. The molecule has 202 valence electrons. The summed E-state index contributed by atoms with van der Waals surface area (Å²) in [6.45, 7) is 0.642. The van der Waals surface area contributed by atoms with Crippen LogP contribution in [0.1, 0.15) is 60.0 Å². The smallest absolute Gasteiger partial charge is 0.262 e. The molecule has 6 nitrogen and oxygen atoms in total. The van der Waals surface area contributed by atoms with Gasteiger partial charge < -0.3 is 11.1 Å². The maximum atomic E-state index is 13.7. The summed E-state index contributed by atoms with van der Waals surface area (Å²) < 4.78 is 37.7. The first-order chi connectivity index (χ1) is 18.3. The Kier molecular flexibility index (Phi) is 9.79. The molecule has 1 amide bonds. The average molecular weight is 579 g/mol. The standard InChI is InChI=1S/C28H30Cl2FN3O3S/c29-24-13-11-22(16-25(24)30)34(38(36)37)27(19-7-9-21(31)10-8-19)17-28(35)33-26-5-1-4-20-15-18(3-2-14-32)6-12-23(20)26/h6-13,15-16,26-27H,1-5,14,17,32H2,(H,33,35)(H,36,37). The predicted octanol–water partition coefficient (Wildman–Crippen LogP) is 6.29. The number of amides is 1. The second-order valence-corrected chi connectivity index (χ2v) is 11.0. The molecule has 38 heavy (non-hydrogen) atoms. The van der Waals surface area contributed by atoms with Gasteiger partial charge in [0.05, 0.1) is 34.2 Å². The van der Waals surface area contributed by atoms with Crippen LogP contribution in [0.25, 0.3) is 0 Å². The van der Waals surface area contributed by atoms with Crippen LogP contribution in [0.5, 0.6) is 0 Å². The Morgan fingerprint density at radius 3 is 2.58 bits per heavy atom. The maximum absolute atomic E-state index is 13.7. The number of aryl methyl sites for hydroxylation is 2. The summed E-state index contributed by atoms with van der Waals surface area (Å²) >= 11 is 9.71. The van der Waals surface area contributed by atoms with Gasteiger partial charge in [-0.3, -0.25) is 13.7 Å². The molecule has 0 aliphatic heterocycles. The molecular formula is C28H30Cl2FN3O3S. The third-order valence-corrected chi connectivity index (χ3v) is 8.31. The largest absolute Gasteiger partial charge is 0.349 e. The van der Waals surface area contributed by atoms with E-state index in [1.54, 1.807) is 6.07 Å². The van der Waals surface area contributed by atoms with Crippen molar-refractivity contribution in [1.29, 1.82) is 0 Å². The molecule has 0 fully saturated rings. The molecular weight excluding hydrogens is 548 g/mol. The second-order valence-electron chi connectivity index (χ2n) is 9.36. The molecule has 0 aromatic heterocycles. The van der Waals surface area contributed by atoms with Crippen molar-refractivity contribution in [3.8, 4) is 0 Å². The minimum absolute atomic E-state index is 0.140. The topological polar surface area (TPSA) is 95.7 Å². The van der Waals surface area contributed by atoms with Crippen molar-refractivity contribution < 1.29 is 17.9 Å². The molecule has 0 bridgehead atoms. The quantitative estimate of drug-likeness (QED) is 0.247. The Hall–Kier alpha value is -2.49. The molecule has 3 unspecified atom stereocenters. The van der Waals surface area contributed by atoms with Gasteiger partial charge in [-0.1, -0.05) is 53.5 Å². The van der Waals surface area contributed by atoms with E-state index in [1.807, 2.05) is 0 Å². The van der Waals surface area contributed by atoms with Gasteiger partial charge in [-0.2, -0.15) is 0 Å². The number of fused-ring (bicyclic) bond motifs is 1. The maximum Gasteiger partial charge on any atom is 0.262 e. The highest BCUT2D eigenvalue weighted by Crippen LogP contribution is 2.36. The lowest BCUT2D eigenvalue weighted by atomic mass is 9.86. The number of hydrogen-bond acceptors (Lipinski definition) is 3. The van der Waals surface area contributed by atoms with Crippen LogP contribution in [-0.4, -0.2) is 21.2 Å². The van der Waals surface area contributed by atoms with Crippen LogP contribution in [0.4, 0.5) is 10.1 Å². The first kappa shape index (κ1) is 28.5. The van der Waals surface area contributed by atoms with Crippen molar-refractivity contribution in [2.24, 2.45) is 5.73 Å². The molecule has 1 aliphatic rings. The highest BCUT2D eigenvalue weighted by atomic mass is 35.5. The number of nitrogens with one attached hydrogen (secondary N) is 1. The lowest BCUT2D eigenvalue weighted by Gasteiger charge is -2.32. The van der Waals surface area contributed by atoms with Crippen LogP contribution >= 0.6 is 23.2 Å². The van der Waals surface area contributed by atoms with E-state index in [1.165, 1.54) is 51.8 Å². The van der Waals surface area contributed by atoms with E-state index in [2.05, 4.69) is 23.5 Å². The van der Waals surface area contributed by atoms with Crippen LogP contribution in [0, 0.1) is 5.82 Å². The number of carbonyl (C=O) groups is 1. The van der Waals surface area contributed by atoms with Gasteiger partial charge in [0.25, 0.3) is 11.3 Å². The first-order valence-corrected chi connectivity index (χ1v) is 14.3. The number of anilines is 1. The molecule has 4 rings (SSSR count). The van der Waals surface area contributed by atoms with Gasteiger partial charge in [0.15, 0.2) is 0 Å². The van der Waals surface area contributed by atoms with Gasteiger partial charge in [-0.05, 0) is 91.2 Å². The van der Waals surface area contributed by atoms with Crippen molar-refractivity contribution in [1.82, 2.24) is 5.32 Å². The Morgan fingerprint density at radius 1 is 1.13 bits per heavy atom. The molecule has 0 radical (unpaired) electrons. The molecule has 1 aliphatic carbocycles. The SMILES string of the molecule is NCCCc1ccc2c(c1)CCCC2NC(=O)CC(c1ccc(F)cc1)N(c1ccc(Cl)c(Cl)c1)S(=O)O. The van der Waals surface area contributed by atoms with E-state index >= 15 is 0 Å². The first-order valence-electron chi connectivity index (χ1n) is 12.5. The van der Waals surface area contributed by atoms with Crippen LogP contribution < -0.4 is 15.4 Å². The van der Waals surface area contributed by atoms with E-state index in [-0.39, 0.29) is 28.4 Å². The normalized spacial score (nSPS) is 16.4. The summed E-state index contributed by atoms with van der Waals surface area (Å²) in [5.41, 5.74) is 10.0. The van der Waals surface area contributed by atoms with Crippen molar-refractivity contribution in [2.45, 2.75) is 50.6 Å². The lowest BCUT2D eigenvalue weighted by molar-refractivity contribution is -0.122. The fourth-order valence-corrected chi connectivity index (χ4v) is 5.93. The average Bonchev–Trinajstić information content (AvgIpc) is 2.89. The number of nitrogens with zero attached hydrogens (tertiary/aromatic N) is 1. The summed E-state index contributed by atoms with van der Waals surface area (Å²) in [7, 11) is 0. The van der Waals surface area contributed by atoms with Crippen molar-refractivity contribution in [2.75, 3.05) is 10.8 Å². The van der Waals surface area contributed by atoms with Crippen molar-refractivity contribution in [3.05, 3.63) is 98.8 Å². The molecule has 0 saturated carbocycles. The second kappa shape index (κ2) is 13.0. The number of rotatable bonds is 10. The van der Waals surface area contributed by atoms with Crippen LogP contribution in [0.2, 0.25) is 10.0 Å². The minimum atomic E-state index is -2.52. The van der Waals surface area contributed by atoms with Gasteiger partial charge >= 0.3 is 0 Å². The Labute approximate surface area is 234 Å². The third-order valence-electron chi connectivity index (χ3n) is 6.77. The van der Waals surface area contributed by atoms with Gasteiger partial charge in [0, 0.05) is 0 Å². The zero-order valence-corrected chi connectivity index (χ0v) is 23.0. The zero-order valence-electron chi connectivity index (χ0n) is 20.7. The predicted molar refractivity (Wildman–Crippen MR) is 151 cm³/mol. The molecule has 0 heterocycles. The number of benzene rings is 3. The summed E-state index contributed by atoms with van der Waals surface area (Å²) in [6, 6.07) is 15.4. The molecule has 3 aromatic rings. The van der Waals surface area contributed by atoms with Crippen LogP contribution in [-0.2, 0) is 28.9 Å². The summed E-state index contributed by atoms with van der Waals surface area (Å²) in [5.74, 6) is -0.743. The fourth-order valence-electron chi connectivity index (χ4n) is 4.93. The van der Waals surface area contributed by atoms with Crippen LogP contribution in [0.3, 0.4) is 0 Å². The summed E-state index contributed by atoms with van der Waals surface area (Å²) in [5, 5.41) is 3.62.